The van der Waals surface area contributed by atoms with Crippen molar-refractivity contribution in [2.45, 2.75) is 31.5 Å². The molecule has 3 aliphatic rings. The van der Waals surface area contributed by atoms with E-state index in [-0.39, 0.29) is 0 Å². The van der Waals surface area contributed by atoms with Gasteiger partial charge in [0.1, 0.15) is 12.2 Å². The lowest BCUT2D eigenvalue weighted by Gasteiger charge is -2.19. The predicted octanol–water partition coefficient (Wildman–Crippen LogP) is 1.67. The highest BCUT2D eigenvalue weighted by Crippen LogP contribution is 2.51. The van der Waals surface area contributed by atoms with Crippen LogP contribution in [0.4, 0.5) is 0 Å². The Morgan fingerprint density at radius 2 is 1.64 bits per heavy atom. The number of hydrogen-bond donors (Lipinski definition) is 0. The van der Waals surface area contributed by atoms with Gasteiger partial charge in [-0.15, -0.1) is 0 Å². The van der Waals surface area contributed by atoms with Crippen LogP contribution < -0.4 is 0 Å². The average molecular weight is 152 g/mol. The van der Waals surface area contributed by atoms with E-state index in [0.717, 1.165) is 11.8 Å². The Morgan fingerprint density at radius 1 is 1.09 bits per heavy atom. The van der Waals surface area contributed by atoms with E-state index < -0.39 is 0 Å². The maximum Gasteiger partial charge on any atom is 0.272 e. The van der Waals surface area contributed by atoms with Gasteiger partial charge in [-0.1, -0.05) is 0 Å². The lowest BCUT2D eigenvalue weighted by atomic mass is 9.95. The first-order chi connectivity index (χ1) is 5.34. The van der Waals surface area contributed by atoms with Gasteiger partial charge in [-0.25, -0.2) is 0 Å². The van der Waals surface area contributed by atoms with Crippen molar-refractivity contribution in [3.8, 4) is 0 Å². The fourth-order valence-electron chi connectivity index (χ4n) is 2.84. The van der Waals surface area contributed by atoms with Crippen molar-refractivity contribution in [2.75, 3.05) is 0 Å². The molecule has 11 heavy (non-hydrogen) atoms. The summed E-state index contributed by atoms with van der Waals surface area (Å²) in [5.41, 5.74) is 0. The molecule has 2 nitrogen and oxygen atoms in total. The Labute approximate surface area is 66.2 Å². The Bertz CT molecular complexity index is 192. The fourth-order valence-corrected chi connectivity index (χ4v) is 2.84. The molecule has 0 aromatic carbocycles. The van der Waals surface area contributed by atoms with Crippen LogP contribution in [0.15, 0.2) is 12.5 Å². The van der Waals surface area contributed by atoms with Gasteiger partial charge >= 0.3 is 0 Å². The van der Waals surface area contributed by atoms with Crippen molar-refractivity contribution < 1.29 is 9.47 Å². The molecule has 60 valence electrons. The van der Waals surface area contributed by atoms with Gasteiger partial charge in [0.15, 0.2) is 0 Å². The Morgan fingerprint density at radius 3 is 2.18 bits per heavy atom. The molecule has 0 aromatic heterocycles. The van der Waals surface area contributed by atoms with E-state index in [1.807, 2.05) is 0 Å². The Balaban J connectivity index is 1.92. The lowest BCUT2D eigenvalue weighted by molar-refractivity contribution is 0.100. The second-order valence-electron chi connectivity index (χ2n) is 3.87. The van der Waals surface area contributed by atoms with Crippen molar-refractivity contribution in [2.24, 2.45) is 11.8 Å². The van der Waals surface area contributed by atoms with Crippen LogP contribution in [-0.4, -0.2) is 12.2 Å². The summed E-state index contributed by atoms with van der Waals surface area (Å²) in [5, 5.41) is 0. The number of fused-ring (bicyclic) bond motifs is 5. The molecule has 1 saturated heterocycles. The highest BCUT2D eigenvalue weighted by Gasteiger charge is 2.54. The van der Waals surface area contributed by atoms with Crippen LogP contribution in [0, 0.1) is 11.8 Å². The topological polar surface area (TPSA) is 18.5 Å². The molecule has 1 heterocycles. The van der Waals surface area contributed by atoms with Crippen LogP contribution >= 0.6 is 0 Å². The first kappa shape index (κ1) is 5.92. The van der Waals surface area contributed by atoms with Gasteiger partial charge in [0, 0.05) is 11.8 Å². The zero-order valence-corrected chi connectivity index (χ0v) is 6.45. The van der Waals surface area contributed by atoms with Gasteiger partial charge in [-0.2, -0.15) is 0 Å². The molecule has 2 bridgehead atoms. The minimum atomic E-state index is 0.362. The summed E-state index contributed by atoms with van der Waals surface area (Å²) in [4.78, 5) is 0. The molecule has 0 N–H and O–H groups in total. The third kappa shape index (κ3) is 0.627. The highest BCUT2D eigenvalue weighted by atomic mass is 16.7. The van der Waals surface area contributed by atoms with Crippen molar-refractivity contribution in [1.29, 1.82) is 0 Å². The minimum absolute atomic E-state index is 0.362. The number of rotatable bonds is 0. The SMILES string of the molecule is C=C1OC2C3CCC(C3)C2O1. The summed E-state index contributed by atoms with van der Waals surface area (Å²) in [6, 6.07) is 0. The Kier molecular flexibility index (Phi) is 0.935. The molecule has 1 aliphatic heterocycles. The summed E-state index contributed by atoms with van der Waals surface area (Å²) >= 11 is 0. The van der Waals surface area contributed by atoms with E-state index in [1.54, 1.807) is 0 Å². The van der Waals surface area contributed by atoms with Crippen LogP contribution in [-0.2, 0) is 9.47 Å². The second kappa shape index (κ2) is 1.74. The zero-order valence-electron chi connectivity index (χ0n) is 6.45. The van der Waals surface area contributed by atoms with Gasteiger partial charge in [-0.05, 0) is 25.8 Å². The normalized spacial score (nSPS) is 52.2. The summed E-state index contributed by atoms with van der Waals surface area (Å²) in [6.45, 7) is 3.69. The van der Waals surface area contributed by atoms with Crippen molar-refractivity contribution in [3.05, 3.63) is 12.5 Å². The van der Waals surface area contributed by atoms with E-state index >= 15 is 0 Å². The van der Waals surface area contributed by atoms with Crippen molar-refractivity contribution >= 4 is 0 Å². The molecule has 4 unspecified atom stereocenters. The van der Waals surface area contributed by atoms with Crippen LogP contribution in [0.3, 0.4) is 0 Å². The van der Waals surface area contributed by atoms with Gasteiger partial charge < -0.3 is 9.47 Å². The van der Waals surface area contributed by atoms with E-state index in [2.05, 4.69) is 6.58 Å². The first-order valence-corrected chi connectivity index (χ1v) is 4.37. The first-order valence-electron chi connectivity index (χ1n) is 4.37. The van der Waals surface area contributed by atoms with Crippen LogP contribution in [0.1, 0.15) is 19.3 Å². The van der Waals surface area contributed by atoms with Crippen molar-refractivity contribution in [1.82, 2.24) is 0 Å². The molecule has 2 heteroatoms. The third-order valence-electron chi connectivity index (χ3n) is 3.30. The fraction of sp³-hybridized carbons (Fsp3) is 0.778. The molecule has 4 atom stereocenters. The molecular weight excluding hydrogens is 140 g/mol. The zero-order chi connectivity index (χ0) is 7.42. The molecule has 3 fully saturated rings. The summed E-state index contributed by atoms with van der Waals surface area (Å²) in [6.07, 6.45) is 4.72. The lowest BCUT2D eigenvalue weighted by Crippen LogP contribution is -2.28. The molecule has 0 radical (unpaired) electrons. The third-order valence-corrected chi connectivity index (χ3v) is 3.30. The molecule has 0 aromatic rings. The molecular formula is C9H12O2. The van der Waals surface area contributed by atoms with Gasteiger partial charge in [0.05, 0.1) is 0 Å². The maximum atomic E-state index is 5.50. The largest absolute Gasteiger partial charge is 0.458 e. The maximum absolute atomic E-state index is 5.50. The van der Waals surface area contributed by atoms with Crippen LogP contribution in [0.2, 0.25) is 0 Å². The monoisotopic (exact) mass is 152 g/mol. The highest BCUT2D eigenvalue weighted by molar-refractivity contribution is 5.04. The van der Waals surface area contributed by atoms with E-state index in [1.165, 1.54) is 19.3 Å². The average Bonchev–Trinajstić information content (AvgIpc) is 2.53. The molecule has 3 rings (SSSR count). The summed E-state index contributed by atoms with van der Waals surface area (Å²) in [7, 11) is 0. The second-order valence-corrected chi connectivity index (χ2v) is 3.87. The van der Waals surface area contributed by atoms with Crippen LogP contribution in [0.25, 0.3) is 0 Å². The van der Waals surface area contributed by atoms with E-state index in [9.17, 15) is 0 Å². The number of hydrogen-bond acceptors (Lipinski definition) is 2. The number of ether oxygens (including phenoxy) is 2. The summed E-state index contributed by atoms with van der Waals surface area (Å²) in [5.74, 6) is 2.09. The van der Waals surface area contributed by atoms with Gasteiger partial charge in [-0.3, -0.25) is 0 Å². The summed E-state index contributed by atoms with van der Waals surface area (Å²) < 4.78 is 11.0. The quantitative estimate of drug-likeness (QED) is 0.525. The Hall–Kier alpha value is -0.660. The molecule has 0 spiro atoms. The van der Waals surface area contributed by atoms with Gasteiger partial charge in [0.25, 0.3) is 5.95 Å². The molecule has 2 aliphatic carbocycles. The van der Waals surface area contributed by atoms with Crippen molar-refractivity contribution in [3.63, 3.8) is 0 Å². The molecule has 2 saturated carbocycles. The van der Waals surface area contributed by atoms with Crippen LogP contribution in [0.5, 0.6) is 0 Å². The van der Waals surface area contributed by atoms with Gasteiger partial charge in [0.2, 0.25) is 0 Å². The smallest absolute Gasteiger partial charge is 0.272 e. The van der Waals surface area contributed by atoms with E-state index in [0.29, 0.717) is 18.2 Å². The molecule has 0 amide bonds. The minimum Gasteiger partial charge on any atom is -0.458 e. The standard InChI is InChI=1S/C9H12O2/c1-5-10-8-6-2-3-7(4-6)9(8)11-5/h6-9H,1-4H2. The predicted molar refractivity (Wildman–Crippen MR) is 39.7 cm³/mol. The van der Waals surface area contributed by atoms with E-state index in [4.69, 9.17) is 9.47 Å².